The monoisotopic (exact) mass is 276 g/mol. The molecule has 0 unspecified atom stereocenters. The van der Waals surface area contributed by atoms with Crippen molar-refractivity contribution < 1.29 is 14.3 Å². The molecule has 0 atom stereocenters. The van der Waals surface area contributed by atoms with E-state index in [4.69, 9.17) is 4.74 Å². The zero-order valence-corrected chi connectivity index (χ0v) is 12.0. The minimum Gasteiger partial charge on any atom is -0.450 e. The second kappa shape index (κ2) is 6.41. The lowest BCUT2D eigenvalue weighted by atomic mass is 10.1. The topological polar surface area (TPSA) is 49.9 Å². The van der Waals surface area contributed by atoms with Crippen LogP contribution >= 0.6 is 0 Å². The van der Waals surface area contributed by atoms with Crippen LogP contribution in [-0.4, -0.2) is 49.6 Å². The maximum atomic E-state index is 11.7. The summed E-state index contributed by atoms with van der Waals surface area (Å²) in [7, 11) is 0. The van der Waals surface area contributed by atoms with Gasteiger partial charge in [0.1, 0.15) is 0 Å². The molecule has 5 nitrogen and oxygen atoms in total. The van der Waals surface area contributed by atoms with Crippen LogP contribution in [0.4, 0.5) is 10.5 Å². The van der Waals surface area contributed by atoms with E-state index < -0.39 is 0 Å². The van der Waals surface area contributed by atoms with Gasteiger partial charge in [-0.1, -0.05) is 12.1 Å². The first kappa shape index (κ1) is 14.4. The number of piperazine rings is 1. The lowest BCUT2D eigenvalue weighted by Crippen LogP contribution is -2.49. The molecule has 1 saturated heterocycles. The van der Waals surface area contributed by atoms with Gasteiger partial charge in [-0.2, -0.15) is 0 Å². The van der Waals surface area contributed by atoms with Gasteiger partial charge in [0.25, 0.3) is 0 Å². The molecule has 5 heteroatoms. The SMILES string of the molecule is CCOC(=O)N1CCN(c2ccccc2C(C)=O)CC1. The second-order valence-electron chi connectivity index (χ2n) is 4.75. The summed E-state index contributed by atoms with van der Waals surface area (Å²) in [6.07, 6.45) is -0.257. The molecule has 0 saturated carbocycles. The van der Waals surface area contributed by atoms with E-state index in [9.17, 15) is 9.59 Å². The van der Waals surface area contributed by atoms with E-state index in [-0.39, 0.29) is 11.9 Å². The van der Waals surface area contributed by atoms with Crippen LogP contribution in [0, 0.1) is 0 Å². The second-order valence-corrected chi connectivity index (χ2v) is 4.75. The Morgan fingerprint density at radius 3 is 2.40 bits per heavy atom. The molecule has 1 aliphatic rings. The van der Waals surface area contributed by atoms with Gasteiger partial charge in [-0.15, -0.1) is 0 Å². The Hall–Kier alpha value is -2.04. The van der Waals surface area contributed by atoms with Crippen LogP contribution < -0.4 is 4.90 Å². The molecule has 0 aliphatic carbocycles. The number of carbonyl (C=O) groups is 2. The molecule has 1 heterocycles. The number of hydrogen-bond acceptors (Lipinski definition) is 4. The van der Waals surface area contributed by atoms with Crippen molar-refractivity contribution in [1.82, 2.24) is 4.90 Å². The number of carbonyl (C=O) groups excluding carboxylic acids is 2. The predicted octanol–water partition coefficient (Wildman–Crippen LogP) is 2.17. The zero-order valence-electron chi connectivity index (χ0n) is 12.0. The Bertz CT molecular complexity index is 494. The summed E-state index contributed by atoms with van der Waals surface area (Å²) in [5, 5.41) is 0. The summed E-state index contributed by atoms with van der Waals surface area (Å²) in [6.45, 7) is 6.43. The van der Waals surface area contributed by atoms with Gasteiger partial charge < -0.3 is 14.5 Å². The van der Waals surface area contributed by atoms with Crippen molar-refractivity contribution in [3.8, 4) is 0 Å². The highest BCUT2D eigenvalue weighted by Crippen LogP contribution is 2.22. The molecule has 1 amide bonds. The Morgan fingerprint density at radius 2 is 1.80 bits per heavy atom. The van der Waals surface area contributed by atoms with Crippen LogP contribution in [0.3, 0.4) is 0 Å². The highest BCUT2D eigenvalue weighted by Gasteiger charge is 2.23. The number of ether oxygens (including phenoxy) is 1. The summed E-state index contributed by atoms with van der Waals surface area (Å²) in [6, 6.07) is 7.60. The van der Waals surface area contributed by atoms with Gasteiger partial charge in [-0.05, 0) is 26.0 Å². The number of para-hydroxylation sites is 1. The van der Waals surface area contributed by atoms with E-state index >= 15 is 0 Å². The minimum atomic E-state index is -0.257. The van der Waals surface area contributed by atoms with Crippen LogP contribution in [0.15, 0.2) is 24.3 Å². The average molecular weight is 276 g/mol. The number of amides is 1. The fourth-order valence-corrected chi connectivity index (χ4v) is 2.39. The maximum absolute atomic E-state index is 11.7. The van der Waals surface area contributed by atoms with Crippen LogP contribution in [0.25, 0.3) is 0 Å². The van der Waals surface area contributed by atoms with Crippen molar-refractivity contribution in [2.75, 3.05) is 37.7 Å². The molecule has 0 N–H and O–H groups in total. The van der Waals surface area contributed by atoms with Crippen molar-refractivity contribution >= 4 is 17.6 Å². The third-order valence-corrected chi connectivity index (χ3v) is 3.43. The molecule has 0 radical (unpaired) electrons. The van der Waals surface area contributed by atoms with Crippen LogP contribution in [0.5, 0.6) is 0 Å². The third kappa shape index (κ3) is 3.10. The van der Waals surface area contributed by atoms with Crippen molar-refractivity contribution in [2.24, 2.45) is 0 Å². The van der Waals surface area contributed by atoms with E-state index in [1.165, 1.54) is 0 Å². The molecule has 1 aromatic carbocycles. The van der Waals surface area contributed by atoms with Crippen LogP contribution in [0.1, 0.15) is 24.2 Å². The maximum Gasteiger partial charge on any atom is 0.409 e. The van der Waals surface area contributed by atoms with E-state index in [2.05, 4.69) is 4.90 Å². The lowest BCUT2D eigenvalue weighted by molar-refractivity contribution is 0.101. The molecule has 0 bridgehead atoms. The van der Waals surface area contributed by atoms with E-state index in [0.29, 0.717) is 32.8 Å². The molecular weight excluding hydrogens is 256 g/mol. The molecular formula is C15H20N2O3. The number of anilines is 1. The van der Waals surface area contributed by atoms with Crippen molar-refractivity contribution in [3.63, 3.8) is 0 Å². The average Bonchev–Trinajstić information content (AvgIpc) is 2.47. The van der Waals surface area contributed by atoms with Crippen molar-refractivity contribution in [3.05, 3.63) is 29.8 Å². The number of Topliss-reactive ketones (excluding diaryl/α,β-unsaturated/α-hetero) is 1. The number of rotatable bonds is 3. The van der Waals surface area contributed by atoms with Gasteiger partial charge in [0.2, 0.25) is 0 Å². The molecule has 1 fully saturated rings. The summed E-state index contributed by atoms with van der Waals surface area (Å²) in [5.41, 5.74) is 1.68. The quantitative estimate of drug-likeness (QED) is 0.794. The molecule has 1 aliphatic heterocycles. The van der Waals surface area contributed by atoms with Gasteiger partial charge in [0.15, 0.2) is 5.78 Å². The van der Waals surface area contributed by atoms with E-state index in [1.807, 2.05) is 24.3 Å². The largest absolute Gasteiger partial charge is 0.450 e. The zero-order chi connectivity index (χ0) is 14.5. The molecule has 2 rings (SSSR count). The van der Waals surface area contributed by atoms with Crippen molar-refractivity contribution in [2.45, 2.75) is 13.8 Å². The highest BCUT2D eigenvalue weighted by molar-refractivity contribution is 5.99. The lowest BCUT2D eigenvalue weighted by Gasteiger charge is -2.36. The van der Waals surface area contributed by atoms with Crippen LogP contribution in [0.2, 0.25) is 0 Å². The summed E-state index contributed by atoms with van der Waals surface area (Å²) < 4.78 is 5.00. The van der Waals surface area contributed by atoms with Gasteiger partial charge in [0, 0.05) is 37.4 Å². The molecule has 0 spiro atoms. The van der Waals surface area contributed by atoms with Crippen molar-refractivity contribution in [1.29, 1.82) is 0 Å². The number of ketones is 1. The summed E-state index contributed by atoms with van der Waals surface area (Å²) >= 11 is 0. The number of benzene rings is 1. The summed E-state index contributed by atoms with van der Waals surface area (Å²) in [5.74, 6) is 0.0634. The Labute approximate surface area is 119 Å². The first-order chi connectivity index (χ1) is 9.63. The first-order valence-corrected chi connectivity index (χ1v) is 6.90. The fraction of sp³-hybridized carbons (Fsp3) is 0.467. The smallest absolute Gasteiger partial charge is 0.409 e. The van der Waals surface area contributed by atoms with E-state index in [1.54, 1.807) is 18.7 Å². The summed E-state index contributed by atoms with van der Waals surface area (Å²) in [4.78, 5) is 27.2. The Balaban J connectivity index is 2.04. The predicted molar refractivity (Wildman–Crippen MR) is 77.3 cm³/mol. The van der Waals surface area contributed by atoms with E-state index in [0.717, 1.165) is 11.3 Å². The molecule has 1 aromatic rings. The number of hydrogen-bond donors (Lipinski definition) is 0. The van der Waals surface area contributed by atoms with Gasteiger partial charge in [0.05, 0.1) is 6.61 Å². The third-order valence-electron chi connectivity index (χ3n) is 3.43. The van der Waals surface area contributed by atoms with Gasteiger partial charge in [-0.25, -0.2) is 4.79 Å². The first-order valence-electron chi connectivity index (χ1n) is 6.90. The normalized spacial score (nSPS) is 15.1. The minimum absolute atomic E-state index is 0.0634. The molecule has 20 heavy (non-hydrogen) atoms. The van der Waals surface area contributed by atoms with Gasteiger partial charge in [-0.3, -0.25) is 4.79 Å². The number of nitrogens with zero attached hydrogens (tertiary/aromatic N) is 2. The van der Waals surface area contributed by atoms with Gasteiger partial charge >= 0.3 is 6.09 Å². The Morgan fingerprint density at radius 1 is 1.15 bits per heavy atom. The Kier molecular flexibility index (Phi) is 4.61. The standard InChI is InChI=1S/C15H20N2O3/c1-3-20-15(19)17-10-8-16(9-11-17)14-7-5-4-6-13(14)12(2)18/h4-7H,3,8-11H2,1-2H3. The highest BCUT2D eigenvalue weighted by atomic mass is 16.6. The fourth-order valence-electron chi connectivity index (χ4n) is 2.39. The van der Waals surface area contributed by atoms with Crippen LogP contribution in [-0.2, 0) is 4.74 Å². The molecule has 0 aromatic heterocycles. The molecule has 108 valence electrons.